The Bertz CT molecular complexity index is 953. The molecule has 2 fully saturated rings. The number of anilines is 2. The molecule has 5 rings (SSSR count). The van der Waals surface area contributed by atoms with E-state index in [4.69, 9.17) is 9.72 Å². The molecule has 2 aromatic rings. The van der Waals surface area contributed by atoms with Gasteiger partial charge in [0.2, 0.25) is 0 Å². The lowest BCUT2D eigenvalue weighted by molar-refractivity contribution is 0.126. The van der Waals surface area contributed by atoms with Crippen molar-refractivity contribution in [2.24, 2.45) is 5.92 Å². The van der Waals surface area contributed by atoms with Gasteiger partial charge in [0.1, 0.15) is 11.6 Å². The van der Waals surface area contributed by atoms with E-state index >= 15 is 0 Å². The summed E-state index contributed by atoms with van der Waals surface area (Å²) < 4.78 is 5.48. The first-order chi connectivity index (χ1) is 15.1. The number of aliphatic hydroxyl groups is 1. The number of hydrogen-bond donors (Lipinski definition) is 3. The fourth-order valence-corrected chi connectivity index (χ4v) is 4.98. The topological polar surface area (TPSA) is 79.3 Å². The van der Waals surface area contributed by atoms with Crippen LogP contribution in [0.2, 0.25) is 0 Å². The van der Waals surface area contributed by atoms with Gasteiger partial charge in [-0.15, -0.1) is 0 Å². The van der Waals surface area contributed by atoms with E-state index in [9.17, 15) is 5.11 Å². The van der Waals surface area contributed by atoms with Gasteiger partial charge in [-0.3, -0.25) is 0 Å². The van der Waals surface area contributed by atoms with Crippen LogP contribution in [0.1, 0.15) is 49.7 Å². The summed E-state index contributed by atoms with van der Waals surface area (Å²) >= 11 is 0. The van der Waals surface area contributed by atoms with Crippen molar-refractivity contribution in [2.45, 2.75) is 63.5 Å². The Morgan fingerprint density at radius 3 is 2.74 bits per heavy atom. The summed E-state index contributed by atoms with van der Waals surface area (Å²) in [7, 11) is 0. The van der Waals surface area contributed by atoms with Crippen LogP contribution in [0.4, 0.5) is 11.6 Å². The van der Waals surface area contributed by atoms with Crippen LogP contribution in [0.3, 0.4) is 0 Å². The molecule has 0 bridgehead atoms. The van der Waals surface area contributed by atoms with Crippen LogP contribution >= 0.6 is 0 Å². The second kappa shape index (κ2) is 8.87. The van der Waals surface area contributed by atoms with Gasteiger partial charge in [-0.05, 0) is 74.1 Å². The van der Waals surface area contributed by atoms with Crippen molar-refractivity contribution < 1.29 is 9.84 Å². The van der Waals surface area contributed by atoms with Gasteiger partial charge in [0, 0.05) is 30.8 Å². The third-order valence-electron chi connectivity index (χ3n) is 6.85. The van der Waals surface area contributed by atoms with Crippen molar-refractivity contribution in [2.75, 3.05) is 23.8 Å². The Kier molecular flexibility index (Phi) is 5.81. The molecule has 1 saturated heterocycles. The van der Waals surface area contributed by atoms with Crippen LogP contribution in [0.15, 0.2) is 36.7 Å². The average molecular weight is 421 g/mol. The van der Waals surface area contributed by atoms with E-state index in [0.717, 1.165) is 87.6 Å². The summed E-state index contributed by atoms with van der Waals surface area (Å²) in [5.41, 5.74) is 4.84. The number of nitrogens with one attached hydrogen (secondary N) is 2. The van der Waals surface area contributed by atoms with Gasteiger partial charge in [0.15, 0.2) is 0 Å². The average Bonchev–Trinajstić information content (AvgIpc) is 2.79. The third-order valence-corrected chi connectivity index (χ3v) is 6.85. The molecule has 6 heteroatoms. The predicted molar refractivity (Wildman–Crippen MR) is 123 cm³/mol. The summed E-state index contributed by atoms with van der Waals surface area (Å²) in [6.07, 6.45) is 9.55. The molecule has 0 aromatic carbocycles. The number of pyridine rings is 2. The molecule has 0 amide bonds. The Labute approximate surface area is 184 Å². The number of fused-ring (bicyclic) bond motifs is 3. The van der Waals surface area contributed by atoms with E-state index in [-0.39, 0.29) is 6.10 Å². The van der Waals surface area contributed by atoms with E-state index in [1.807, 2.05) is 6.20 Å². The maximum Gasteiger partial charge on any atom is 0.126 e. The number of aromatic nitrogens is 2. The Morgan fingerprint density at radius 2 is 1.90 bits per heavy atom. The number of ether oxygens (including phenoxy) is 1. The molecule has 0 radical (unpaired) electrons. The Balaban J connectivity index is 1.32. The van der Waals surface area contributed by atoms with Crippen LogP contribution in [-0.2, 0) is 17.6 Å². The number of hydrogen-bond acceptors (Lipinski definition) is 6. The summed E-state index contributed by atoms with van der Waals surface area (Å²) in [5, 5.41) is 16.9. The van der Waals surface area contributed by atoms with E-state index in [0.29, 0.717) is 12.0 Å². The zero-order chi connectivity index (χ0) is 21.2. The molecule has 31 heavy (non-hydrogen) atoms. The molecule has 6 nitrogen and oxygen atoms in total. The molecular weight excluding hydrogens is 388 g/mol. The summed E-state index contributed by atoms with van der Waals surface area (Å²) in [4.78, 5) is 9.67. The van der Waals surface area contributed by atoms with Crippen molar-refractivity contribution in [1.82, 2.24) is 9.97 Å². The minimum absolute atomic E-state index is 0.143. The molecule has 1 unspecified atom stereocenters. The Morgan fingerprint density at radius 1 is 1.06 bits per heavy atom. The molecule has 2 aromatic heterocycles. The van der Waals surface area contributed by atoms with Gasteiger partial charge < -0.3 is 20.5 Å². The predicted octanol–water partition coefficient (Wildman–Crippen LogP) is 4.31. The molecule has 3 heterocycles. The minimum atomic E-state index is -0.143. The van der Waals surface area contributed by atoms with E-state index < -0.39 is 0 Å². The number of rotatable bonds is 5. The van der Waals surface area contributed by atoms with E-state index in [1.165, 1.54) is 16.7 Å². The zero-order valence-corrected chi connectivity index (χ0v) is 18.1. The lowest BCUT2D eigenvalue weighted by Crippen LogP contribution is -2.28. The fourth-order valence-electron chi connectivity index (χ4n) is 4.98. The maximum atomic E-state index is 9.76. The third kappa shape index (κ3) is 4.69. The van der Waals surface area contributed by atoms with Crippen LogP contribution in [-0.4, -0.2) is 40.4 Å². The molecule has 3 aliphatic rings. The molecule has 3 N–H and O–H groups in total. The van der Waals surface area contributed by atoms with Gasteiger partial charge in [0.25, 0.3) is 0 Å². The van der Waals surface area contributed by atoms with Crippen LogP contribution in [0, 0.1) is 5.92 Å². The molecule has 1 atom stereocenters. The van der Waals surface area contributed by atoms with Crippen LogP contribution in [0.25, 0.3) is 11.3 Å². The fraction of sp³-hybridized carbons (Fsp3) is 0.520. The smallest absolute Gasteiger partial charge is 0.126 e. The zero-order valence-electron chi connectivity index (χ0n) is 18.1. The van der Waals surface area contributed by atoms with Gasteiger partial charge >= 0.3 is 0 Å². The molecule has 0 spiro atoms. The molecular formula is C25H32N4O2. The highest BCUT2D eigenvalue weighted by atomic mass is 16.5. The molecule has 1 aliphatic heterocycles. The standard InChI is InChI=1S/C25H32N4O2/c1-16-12-17(10-11-31-16)14-26-23-9-4-18-2-3-19-15-27-24(13-22(19)25(18)29-23)28-20-5-7-21(30)8-6-20/h4,9,13,15,17,20-21,30H,1-3,5-8,10-12,14H2,(H,26,29)(H,27,28)/t17?,20-,21-. The molecule has 1 saturated carbocycles. The Hall–Kier alpha value is -2.60. The largest absolute Gasteiger partial charge is 0.499 e. The first kappa shape index (κ1) is 20.3. The van der Waals surface area contributed by atoms with Gasteiger partial charge in [-0.2, -0.15) is 0 Å². The highest BCUT2D eigenvalue weighted by molar-refractivity contribution is 5.73. The quantitative estimate of drug-likeness (QED) is 0.669. The van der Waals surface area contributed by atoms with Gasteiger partial charge in [0.05, 0.1) is 24.2 Å². The summed E-state index contributed by atoms with van der Waals surface area (Å²) in [6.45, 7) is 5.62. The lowest BCUT2D eigenvalue weighted by atomic mass is 9.90. The first-order valence-electron chi connectivity index (χ1n) is 11.6. The highest BCUT2D eigenvalue weighted by Crippen LogP contribution is 2.34. The SMILES string of the molecule is C=C1CC(CNc2ccc3c(n2)-c2cc(N[C@H]4CC[C@H](O)CC4)ncc2CC3)CCO1. The minimum Gasteiger partial charge on any atom is -0.499 e. The number of aryl methyl sites for hydroxylation is 2. The van der Waals surface area contributed by atoms with Gasteiger partial charge in [-0.25, -0.2) is 9.97 Å². The van der Waals surface area contributed by atoms with Crippen LogP contribution < -0.4 is 10.6 Å². The molecule has 164 valence electrons. The molecule has 2 aliphatic carbocycles. The van der Waals surface area contributed by atoms with Crippen LogP contribution in [0.5, 0.6) is 0 Å². The second-order valence-corrected chi connectivity index (χ2v) is 9.21. The highest BCUT2D eigenvalue weighted by Gasteiger charge is 2.23. The van der Waals surface area contributed by atoms with Crippen molar-refractivity contribution in [3.05, 3.63) is 47.9 Å². The van der Waals surface area contributed by atoms with Crippen molar-refractivity contribution in [3.63, 3.8) is 0 Å². The first-order valence-corrected chi connectivity index (χ1v) is 11.6. The normalized spacial score (nSPS) is 25.2. The number of aliphatic hydroxyl groups excluding tert-OH is 1. The summed E-state index contributed by atoms with van der Waals surface area (Å²) in [6, 6.07) is 6.86. The lowest BCUT2D eigenvalue weighted by Gasteiger charge is -2.27. The number of nitrogens with zero attached hydrogens (tertiary/aromatic N) is 2. The number of allylic oxidation sites excluding steroid dienone is 1. The van der Waals surface area contributed by atoms with E-state index in [1.54, 1.807) is 0 Å². The van der Waals surface area contributed by atoms with Gasteiger partial charge in [-0.1, -0.05) is 12.6 Å². The summed E-state index contributed by atoms with van der Waals surface area (Å²) in [5.74, 6) is 3.27. The maximum absolute atomic E-state index is 9.76. The van der Waals surface area contributed by atoms with Crippen molar-refractivity contribution in [3.8, 4) is 11.3 Å². The van der Waals surface area contributed by atoms with E-state index in [2.05, 4.69) is 40.4 Å². The van der Waals surface area contributed by atoms with Crippen molar-refractivity contribution >= 4 is 11.6 Å². The van der Waals surface area contributed by atoms with Crippen molar-refractivity contribution in [1.29, 1.82) is 0 Å². The second-order valence-electron chi connectivity index (χ2n) is 9.21. The monoisotopic (exact) mass is 420 g/mol.